The van der Waals surface area contributed by atoms with Gasteiger partial charge in [-0.25, -0.2) is 0 Å². The van der Waals surface area contributed by atoms with E-state index in [0.717, 1.165) is 22.7 Å². The van der Waals surface area contributed by atoms with Crippen molar-refractivity contribution in [1.82, 2.24) is 4.90 Å². The van der Waals surface area contributed by atoms with E-state index >= 15 is 0 Å². The molecule has 5 heteroatoms. The van der Waals surface area contributed by atoms with Gasteiger partial charge in [0.25, 0.3) is 0 Å². The van der Waals surface area contributed by atoms with Crippen LogP contribution in [-0.2, 0) is 11.3 Å². The number of hydrogen-bond donors (Lipinski definition) is 0. The van der Waals surface area contributed by atoms with E-state index in [1.54, 1.807) is 14.2 Å². The molecule has 26 heavy (non-hydrogen) atoms. The molecule has 0 saturated carbocycles. The summed E-state index contributed by atoms with van der Waals surface area (Å²) in [6.45, 7) is 5.85. The monoisotopic (exact) mass is 354 g/mol. The topological polar surface area (TPSA) is 42.0 Å². The van der Waals surface area contributed by atoms with Gasteiger partial charge in [-0.3, -0.25) is 9.69 Å². The molecule has 1 atom stereocenters. The van der Waals surface area contributed by atoms with Crippen LogP contribution in [0.1, 0.15) is 18.1 Å². The number of anilines is 1. The second-order valence-electron chi connectivity index (χ2n) is 6.73. The summed E-state index contributed by atoms with van der Waals surface area (Å²) in [5.41, 5.74) is 3.12. The number of aryl methyl sites for hydroxylation is 1. The molecule has 3 rings (SSSR count). The van der Waals surface area contributed by atoms with Crippen LogP contribution in [-0.4, -0.2) is 44.2 Å². The molecule has 0 spiro atoms. The van der Waals surface area contributed by atoms with Crippen molar-refractivity contribution < 1.29 is 14.3 Å². The van der Waals surface area contributed by atoms with Crippen molar-refractivity contribution in [1.29, 1.82) is 0 Å². The average molecular weight is 354 g/mol. The molecule has 2 aromatic carbocycles. The zero-order valence-corrected chi connectivity index (χ0v) is 15.9. The lowest BCUT2D eigenvalue weighted by molar-refractivity contribution is -0.122. The molecule has 2 aromatic rings. The van der Waals surface area contributed by atoms with Gasteiger partial charge in [0, 0.05) is 24.8 Å². The largest absolute Gasteiger partial charge is 0.496 e. The molecule has 0 aromatic heterocycles. The summed E-state index contributed by atoms with van der Waals surface area (Å²) < 4.78 is 11.0. The first kappa shape index (κ1) is 18.3. The second kappa shape index (κ2) is 7.79. The van der Waals surface area contributed by atoms with Gasteiger partial charge in [-0.1, -0.05) is 23.8 Å². The van der Waals surface area contributed by atoms with Crippen molar-refractivity contribution in [3.05, 3.63) is 53.6 Å². The molecule has 1 fully saturated rings. The first-order valence-electron chi connectivity index (χ1n) is 8.84. The number of rotatable bonds is 5. The molecule has 0 unspecified atom stereocenters. The third-order valence-electron chi connectivity index (χ3n) is 4.95. The molecular formula is C21H26N2O3. The fraction of sp³-hybridized carbons (Fsp3) is 0.381. The maximum absolute atomic E-state index is 12.8. The molecular weight excluding hydrogens is 328 g/mol. The van der Waals surface area contributed by atoms with Crippen LogP contribution in [0.25, 0.3) is 0 Å². The third-order valence-corrected chi connectivity index (χ3v) is 4.95. The number of nitrogens with zero attached hydrogens (tertiary/aromatic N) is 2. The van der Waals surface area contributed by atoms with Crippen LogP contribution < -0.4 is 14.4 Å². The van der Waals surface area contributed by atoms with Gasteiger partial charge in [-0.05, 0) is 38.1 Å². The van der Waals surface area contributed by atoms with Crippen molar-refractivity contribution in [3.63, 3.8) is 0 Å². The number of ether oxygens (including phenoxy) is 2. The standard InChI is InChI=1S/C21H26N2O3/c1-15-8-10-17(11-9-15)23-12-16(2)22(14-21(23)24)13-18-19(25-3)6-5-7-20(18)26-4/h5-11,16H,12-14H2,1-4H3/t16-/m0/s1. The Morgan fingerprint density at radius 2 is 1.65 bits per heavy atom. The molecule has 1 aliphatic heterocycles. The minimum absolute atomic E-state index is 0.112. The van der Waals surface area contributed by atoms with Gasteiger partial charge in [0.2, 0.25) is 5.91 Å². The number of piperazine rings is 1. The smallest absolute Gasteiger partial charge is 0.241 e. The highest BCUT2D eigenvalue weighted by Crippen LogP contribution is 2.31. The molecule has 1 aliphatic rings. The van der Waals surface area contributed by atoms with Crippen molar-refractivity contribution >= 4 is 11.6 Å². The Bertz CT molecular complexity index is 751. The molecule has 0 radical (unpaired) electrons. The Hall–Kier alpha value is -2.53. The molecule has 1 amide bonds. The minimum atomic E-state index is 0.112. The number of carbonyl (C=O) groups excluding carboxylic acids is 1. The summed E-state index contributed by atoms with van der Waals surface area (Å²) in [7, 11) is 3.31. The highest BCUT2D eigenvalue weighted by Gasteiger charge is 2.31. The van der Waals surface area contributed by atoms with Crippen LogP contribution >= 0.6 is 0 Å². The number of carbonyl (C=O) groups is 1. The summed E-state index contributed by atoms with van der Waals surface area (Å²) in [4.78, 5) is 16.8. The highest BCUT2D eigenvalue weighted by atomic mass is 16.5. The van der Waals surface area contributed by atoms with Gasteiger partial charge in [-0.15, -0.1) is 0 Å². The summed E-state index contributed by atoms with van der Waals surface area (Å²) in [5, 5.41) is 0. The van der Waals surface area contributed by atoms with E-state index in [-0.39, 0.29) is 11.9 Å². The molecule has 0 bridgehead atoms. The van der Waals surface area contributed by atoms with Gasteiger partial charge in [0.05, 0.1) is 26.3 Å². The van der Waals surface area contributed by atoms with Crippen LogP contribution in [0, 0.1) is 6.92 Å². The van der Waals surface area contributed by atoms with Crippen molar-refractivity contribution in [3.8, 4) is 11.5 Å². The van der Waals surface area contributed by atoms with Crippen molar-refractivity contribution in [2.75, 3.05) is 32.2 Å². The molecule has 138 valence electrons. The first-order valence-corrected chi connectivity index (χ1v) is 8.84. The van der Waals surface area contributed by atoms with Gasteiger partial charge in [0.15, 0.2) is 0 Å². The van der Waals surface area contributed by atoms with E-state index < -0.39 is 0 Å². The molecule has 5 nitrogen and oxygen atoms in total. The summed E-state index contributed by atoms with van der Waals surface area (Å²) in [6, 6.07) is 14.1. The Morgan fingerprint density at radius 3 is 2.23 bits per heavy atom. The average Bonchev–Trinajstić information content (AvgIpc) is 2.65. The Morgan fingerprint density at radius 1 is 1.04 bits per heavy atom. The number of benzene rings is 2. The molecule has 0 N–H and O–H groups in total. The van der Waals surface area contributed by atoms with E-state index in [1.165, 1.54) is 5.56 Å². The third kappa shape index (κ3) is 3.68. The zero-order valence-electron chi connectivity index (χ0n) is 15.9. The number of methoxy groups -OCH3 is 2. The lowest BCUT2D eigenvalue weighted by Gasteiger charge is -2.39. The van der Waals surface area contributed by atoms with Gasteiger partial charge in [-0.2, -0.15) is 0 Å². The molecule has 1 saturated heterocycles. The molecule has 1 heterocycles. The first-order chi connectivity index (χ1) is 12.5. The lowest BCUT2D eigenvalue weighted by Crippen LogP contribution is -2.54. The van der Waals surface area contributed by atoms with Crippen LogP contribution in [0.15, 0.2) is 42.5 Å². The van der Waals surface area contributed by atoms with Crippen molar-refractivity contribution in [2.24, 2.45) is 0 Å². The SMILES string of the molecule is COc1cccc(OC)c1CN1CC(=O)N(c2ccc(C)cc2)C[C@@H]1C. The predicted octanol–water partition coefficient (Wildman–Crippen LogP) is 3.25. The maximum Gasteiger partial charge on any atom is 0.241 e. The number of amides is 1. The van der Waals surface area contributed by atoms with Gasteiger partial charge >= 0.3 is 0 Å². The summed E-state index contributed by atoms with van der Waals surface area (Å²) in [6.07, 6.45) is 0. The minimum Gasteiger partial charge on any atom is -0.496 e. The van der Waals surface area contributed by atoms with Crippen LogP contribution in [0.3, 0.4) is 0 Å². The van der Waals surface area contributed by atoms with E-state index in [0.29, 0.717) is 19.6 Å². The van der Waals surface area contributed by atoms with E-state index in [4.69, 9.17) is 9.47 Å². The van der Waals surface area contributed by atoms with Crippen LogP contribution in [0.5, 0.6) is 11.5 Å². The Labute approximate surface area is 155 Å². The quantitative estimate of drug-likeness (QED) is 0.827. The summed E-state index contributed by atoms with van der Waals surface area (Å²) >= 11 is 0. The Kier molecular flexibility index (Phi) is 5.47. The Balaban J connectivity index is 1.78. The van der Waals surface area contributed by atoms with E-state index in [2.05, 4.69) is 11.8 Å². The van der Waals surface area contributed by atoms with Crippen molar-refractivity contribution in [2.45, 2.75) is 26.4 Å². The van der Waals surface area contributed by atoms with Gasteiger partial charge in [0.1, 0.15) is 11.5 Å². The molecule has 0 aliphatic carbocycles. The van der Waals surface area contributed by atoms with Gasteiger partial charge < -0.3 is 14.4 Å². The second-order valence-corrected chi connectivity index (χ2v) is 6.73. The number of hydrogen-bond acceptors (Lipinski definition) is 4. The predicted molar refractivity (Wildman–Crippen MR) is 103 cm³/mol. The van der Waals surface area contributed by atoms with E-state index in [1.807, 2.05) is 54.3 Å². The fourth-order valence-electron chi connectivity index (χ4n) is 3.37. The maximum atomic E-state index is 12.8. The highest BCUT2D eigenvalue weighted by molar-refractivity contribution is 5.95. The zero-order chi connectivity index (χ0) is 18.7. The normalized spacial score (nSPS) is 18.1. The van der Waals surface area contributed by atoms with Crippen LogP contribution in [0.2, 0.25) is 0 Å². The lowest BCUT2D eigenvalue weighted by atomic mass is 10.1. The fourth-order valence-corrected chi connectivity index (χ4v) is 3.37. The van der Waals surface area contributed by atoms with Crippen LogP contribution in [0.4, 0.5) is 5.69 Å². The van der Waals surface area contributed by atoms with E-state index in [9.17, 15) is 4.79 Å². The summed E-state index contributed by atoms with van der Waals surface area (Å²) in [5.74, 6) is 1.68.